The molecule has 0 radical (unpaired) electrons. The van der Waals surface area contributed by atoms with Crippen molar-refractivity contribution in [1.29, 1.82) is 5.26 Å². The van der Waals surface area contributed by atoms with Gasteiger partial charge in [-0.2, -0.15) is 15.2 Å². The Hall–Kier alpha value is -4.30. The predicted octanol–water partition coefficient (Wildman–Crippen LogP) is 4.34. The summed E-state index contributed by atoms with van der Waals surface area (Å²) in [5.74, 6) is -0.220. The zero-order valence-electron chi connectivity index (χ0n) is 25.8. The zero-order valence-corrected chi connectivity index (χ0v) is 25.8. The topological polar surface area (TPSA) is 102 Å². The van der Waals surface area contributed by atoms with E-state index in [1.165, 1.54) is 11.6 Å². The number of nitriles is 1. The molecule has 4 aliphatic heterocycles. The number of carbonyl (C=O) groups excluding carboxylic acids is 1. The van der Waals surface area contributed by atoms with Crippen molar-refractivity contribution in [3.8, 4) is 23.3 Å². The van der Waals surface area contributed by atoms with Gasteiger partial charge in [0.25, 0.3) is 0 Å². The van der Waals surface area contributed by atoms with Gasteiger partial charge in [-0.1, -0.05) is 24.8 Å². The van der Waals surface area contributed by atoms with Gasteiger partial charge in [0.1, 0.15) is 23.6 Å². The Morgan fingerprint density at radius 1 is 1.18 bits per heavy atom. The lowest BCUT2D eigenvalue weighted by molar-refractivity contribution is -0.128. The van der Waals surface area contributed by atoms with E-state index in [0.29, 0.717) is 37.4 Å². The third kappa shape index (κ3) is 5.15. The Bertz CT molecular complexity index is 1680. The number of benzene rings is 1. The number of rotatable bonds is 7. The van der Waals surface area contributed by atoms with Gasteiger partial charge in [0.05, 0.1) is 29.5 Å². The normalized spacial score (nSPS) is 21.0. The molecule has 3 aromatic rings. The Balaban J connectivity index is 1.31. The number of ether oxygens (including phenoxy) is 1. The summed E-state index contributed by atoms with van der Waals surface area (Å²) in [6, 6.07) is 7.97. The van der Waals surface area contributed by atoms with E-state index < -0.39 is 5.82 Å². The Labute approximate surface area is 263 Å². The molecule has 10 nitrogen and oxygen atoms in total. The molecule has 3 saturated heterocycles. The van der Waals surface area contributed by atoms with Gasteiger partial charge in [-0.15, -0.1) is 0 Å². The van der Waals surface area contributed by atoms with Gasteiger partial charge in [0.2, 0.25) is 5.91 Å². The van der Waals surface area contributed by atoms with E-state index in [2.05, 4.69) is 33.5 Å². The summed E-state index contributed by atoms with van der Waals surface area (Å²) in [5, 5.41) is 10.0. The number of nitrogens with zero attached hydrogens (tertiary/aromatic N) is 8. The molecule has 1 amide bonds. The van der Waals surface area contributed by atoms with Crippen LogP contribution >= 0.6 is 0 Å². The zero-order chi connectivity index (χ0) is 31.1. The number of aryl methyl sites for hydroxylation is 1. The highest BCUT2D eigenvalue weighted by Gasteiger charge is 2.45. The van der Waals surface area contributed by atoms with Crippen LogP contribution in [-0.2, 0) is 11.2 Å². The third-order valence-electron chi connectivity index (χ3n) is 10.2. The lowest BCUT2D eigenvalue weighted by Gasteiger charge is -2.41. The summed E-state index contributed by atoms with van der Waals surface area (Å²) in [4.78, 5) is 35.2. The number of amides is 1. The van der Waals surface area contributed by atoms with Crippen LogP contribution in [0.2, 0.25) is 0 Å². The second-order valence-electron chi connectivity index (χ2n) is 12.8. The number of anilines is 2. The van der Waals surface area contributed by atoms with Crippen molar-refractivity contribution >= 4 is 28.3 Å². The molecule has 1 aromatic carbocycles. The SMILES string of the molecule is C=CC(=O)N1CCN(c2nc(OCC34CCCN3CCC4)nc3c(F)c(-c4cccc5c4N(C)CCC5)ncc23)C[C@@H]1CC#N. The summed E-state index contributed by atoms with van der Waals surface area (Å²) in [6.45, 7) is 8.31. The van der Waals surface area contributed by atoms with Gasteiger partial charge in [-0.05, 0) is 63.3 Å². The molecule has 0 saturated carbocycles. The molecule has 0 unspecified atom stereocenters. The van der Waals surface area contributed by atoms with Crippen LogP contribution in [0.1, 0.15) is 44.1 Å². The predicted molar refractivity (Wildman–Crippen MR) is 171 cm³/mol. The maximum absolute atomic E-state index is 16.8. The molecule has 3 fully saturated rings. The summed E-state index contributed by atoms with van der Waals surface area (Å²) in [5.41, 5.74) is 3.32. The number of para-hydroxylation sites is 1. The van der Waals surface area contributed by atoms with Crippen molar-refractivity contribution in [3.05, 3.63) is 48.4 Å². The van der Waals surface area contributed by atoms with Gasteiger partial charge >= 0.3 is 6.01 Å². The van der Waals surface area contributed by atoms with Crippen molar-refractivity contribution in [2.24, 2.45) is 0 Å². The maximum atomic E-state index is 16.8. The van der Waals surface area contributed by atoms with Gasteiger partial charge in [0.15, 0.2) is 5.82 Å². The molecule has 7 rings (SSSR count). The van der Waals surface area contributed by atoms with E-state index >= 15 is 4.39 Å². The number of aromatic nitrogens is 3. The fourth-order valence-corrected chi connectivity index (χ4v) is 7.96. The second-order valence-corrected chi connectivity index (χ2v) is 12.8. The number of halogens is 1. The molecule has 0 N–H and O–H groups in total. The monoisotopic (exact) mass is 610 g/mol. The van der Waals surface area contributed by atoms with E-state index in [4.69, 9.17) is 14.7 Å². The molecule has 45 heavy (non-hydrogen) atoms. The molecule has 4 aliphatic rings. The summed E-state index contributed by atoms with van der Waals surface area (Å²) >= 11 is 0. The number of piperazine rings is 1. The minimum atomic E-state index is -0.510. The van der Waals surface area contributed by atoms with Crippen molar-refractivity contribution in [1.82, 2.24) is 24.8 Å². The Morgan fingerprint density at radius 2 is 2.00 bits per heavy atom. The number of fused-ring (bicyclic) bond motifs is 3. The van der Waals surface area contributed by atoms with Crippen LogP contribution in [0.15, 0.2) is 37.1 Å². The first kappa shape index (κ1) is 29.4. The minimum absolute atomic E-state index is 0.0251. The minimum Gasteiger partial charge on any atom is -0.461 e. The second kappa shape index (κ2) is 11.9. The van der Waals surface area contributed by atoms with Crippen LogP contribution in [0, 0.1) is 17.1 Å². The smallest absolute Gasteiger partial charge is 0.319 e. The van der Waals surface area contributed by atoms with E-state index in [0.717, 1.165) is 69.4 Å². The molecule has 234 valence electrons. The fourth-order valence-electron chi connectivity index (χ4n) is 7.96. The molecule has 0 bridgehead atoms. The Morgan fingerprint density at radius 3 is 2.78 bits per heavy atom. The standard InChI is InChI=1S/C34H39FN8O2/c1-3-27(44)43-19-18-41(21-24(43)11-14-36)32-26-20-37-29(25-10-4-8-23-9-5-15-40(2)31(23)25)28(35)30(26)38-33(39-32)45-22-34-12-6-16-42(34)17-7-13-34/h3-4,8,10,20,24H,1,5-7,9,11-13,15-19,21-22H2,2H3/t24-/m0/s1. The molecule has 0 spiro atoms. The first-order valence-corrected chi connectivity index (χ1v) is 16.0. The lowest BCUT2D eigenvalue weighted by Crippen LogP contribution is -2.55. The average Bonchev–Trinajstić information content (AvgIpc) is 3.64. The summed E-state index contributed by atoms with van der Waals surface area (Å²) < 4.78 is 23.2. The molecule has 2 aromatic heterocycles. The van der Waals surface area contributed by atoms with Crippen molar-refractivity contribution in [3.63, 3.8) is 0 Å². The van der Waals surface area contributed by atoms with Crippen LogP contribution in [0.4, 0.5) is 15.9 Å². The van der Waals surface area contributed by atoms with Crippen molar-refractivity contribution in [2.75, 3.05) is 62.7 Å². The van der Waals surface area contributed by atoms with E-state index in [1.807, 2.05) is 24.1 Å². The maximum Gasteiger partial charge on any atom is 0.319 e. The third-order valence-corrected chi connectivity index (χ3v) is 10.2. The lowest BCUT2D eigenvalue weighted by atomic mass is 9.95. The van der Waals surface area contributed by atoms with Gasteiger partial charge in [-0.25, -0.2) is 4.39 Å². The number of pyridine rings is 1. The summed E-state index contributed by atoms with van der Waals surface area (Å²) in [7, 11) is 2.04. The molecular weight excluding hydrogens is 571 g/mol. The van der Waals surface area contributed by atoms with E-state index in [1.54, 1.807) is 11.1 Å². The molecular formula is C34H39FN8O2. The van der Waals surface area contributed by atoms with Crippen LogP contribution in [0.5, 0.6) is 6.01 Å². The molecule has 11 heteroatoms. The largest absolute Gasteiger partial charge is 0.461 e. The molecule has 6 heterocycles. The van der Waals surface area contributed by atoms with Crippen LogP contribution < -0.4 is 14.5 Å². The Kier molecular flexibility index (Phi) is 7.78. The highest BCUT2D eigenvalue weighted by Crippen LogP contribution is 2.41. The number of carbonyl (C=O) groups is 1. The number of hydrogen-bond acceptors (Lipinski definition) is 9. The quantitative estimate of drug-likeness (QED) is 0.362. The molecule has 1 atom stereocenters. The highest BCUT2D eigenvalue weighted by molar-refractivity contribution is 5.94. The van der Waals surface area contributed by atoms with Gasteiger partial charge in [0, 0.05) is 50.7 Å². The van der Waals surface area contributed by atoms with E-state index in [9.17, 15) is 10.1 Å². The van der Waals surface area contributed by atoms with Crippen LogP contribution in [-0.4, -0.2) is 95.2 Å². The van der Waals surface area contributed by atoms with E-state index in [-0.39, 0.29) is 41.1 Å². The molecule has 0 aliphatic carbocycles. The van der Waals surface area contributed by atoms with Crippen molar-refractivity contribution < 1.29 is 13.9 Å². The van der Waals surface area contributed by atoms with Crippen molar-refractivity contribution in [2.45, 2.75) is 56.5 Å². The van der Waals surface area contributed by atoms with Crippen LogP contribution in [0.25, 0.3) is 22.2 Å². The highest BCUT2D eigenvalue weighted by atomic mass is 19.1. The average molecular weight is 611 g/mol. The first-order valence-electron chi connectivity index (χ1n) is 16.0. The first-order chi connectivity index (χ1) is 21.9. The van der Waals surface area contributed by atoms with Gasteiger partial charge < -0.3 is 19.4 Å². The van der Waals surface area contributed by atoms with Gasteiger partial charge in [-0.3, -0.25) is 14.7 Å². The van der Waals surface area contributed by atoms with Crippen LogP contribution in [0.3, 0.4) is 0 Å². The fraction of sp³-hybridized carbons (Fsp3) is 0.500. The summed E-state index contributed by atoms with van der Waals surface area (Å²) in [6.07, 6.45) is 9.50. The number of hydrogen-bond donors (Lipinski definition) is 0.